The van der Waals surface area contributed by atoms with E-state index in [1.54, 1.807) is 0 Å². The Morgan fingerprint density at radius 1 is 1.64 bits per heavy atom. The number of amidine groups is 1. The molecule has 78 valence electrons. The van der Waals surface area contributed by atoms with Gasteiger partial charge in [0.15, 0.2) is 5.17 Å². The van der Waals surface area contributed by atoms with Crippen LogP contribution < -0.4 is 0 Å². The number of hydrogen-bond donors (Lipinski definition) is 0. The summed E-state index contributed by atoms with van der Waals surface area (Å²) in [7, 11) is 6.49. The average molecular weight is 210 g/mol. The van der Waals surface area contributed by atoms with Crippen molar-refractivity contribution in [3.05, 3.63) is 0 Å². The normalized spacial score (nSPS) is 45.6. The first-order valence-electron chi connectivity index (χ1n) is 5.40. The molecular formula is C10H19BN2S. The van der Waals surface area contributed by atoms with E-state index in [0.29, 0.717) is 5.31 Å². The van der Waals surface area contributed by atoms with Gasteiger partial charge in [-0.25, -0.2) is 0 Å². The third-order valence-corrected chi connectivity index (χ3v) is 5.01. The fraction of sp³-hybridized carbons (Fsp3) is 0.900. The summed E-state index contributed by atoms with van der Waals surface area (Å²) in [6.45, 7) is 2.39. The van der Waals surface area contributed by atoms with E-state index < -0.39 is 0 Å². The van der Waals surface area contributed by atoms with Crippen molar-refractivity contribution >= 4 is 24.8 Å². The maximum absolute atomic E-state index is 4.35. The Morgan fingerprint density at radius 3 is 3.00 bits per heavy atom. The van der Waals surface area contributed by atoms with Gasteiger partial charge in [0, 0.05) is 25.4 Å². The smallest absolute Gasteiger partial charge is 0.159 e. The lowest BCUT2D eigenvalue weighted by Crippen LogP contribution is -2.39. The highest BCUT2D eigenvalue weighted by molar-refractivity contribution is 8.14. The third kappa shape index (κ3) is 1.69. The Bertz CT molecular complexity index is 265. The molecule has 0 amide bonds. The van der Waals surface area contributed by atoms with Crippen LogP contribution in [0.15, 0.2) is 4.99 Å². The zero-order valence-corrected chi connectivity index (χ0v) is 10.4. The first-order chi connectivity index (χ1) is 6.53. The van der Waals surface area contributed by atoms with Crippen LogP contribution >= 0.6 is 11.8 Å². The van der Waals surface area contributed by atoms with Crippen LogP contribution in [0.1, 0.15) is 26.2 Å². The summed E-state index contributed by atoms with van der Waals surface area (Å²) < 4.78 is 0. The van der Waals surface area contributed by atoms with Crippen molar-refractivity contribution in [2.45, 2.75) is 42.8 Å². The molecule has 2 aliphatic rings. The quantitative estimate of drug-likeness (QED) is 0.561. The predicted octanol–water partition coefficient (Wildman–Crippen LogP) is 1.38. The van der Waals surface area contributed by atoms with Crippen LogP contribution in [0.4, 0.5) is 0 Å². The second kappa shape index (κ2) is 3.48. The Balaban J connectivity index is 2.14. The molecule has 1 heterocycles. The van der Waals surface area contributed by atoms with Gasteiger partial charge in [-0.2, -0.15) is 0 Å². The van der Waals surface area contributed by atoms with Gasteiger partial charge in [-0.1, -0.05) is 30.4 Å². The number of hydrogen-bond acceptors (Lipinski definition) is 2. The summed E-state index contributed by atoms with van der Waals surface area (Å²) in [5, 5.41) is 2.55. The van der Waals surface area contributed by atoms with E-state index in [4.69, 9.17) is 0 Å². The monoisotopic (exact) mass is 210 g/mol. The van der Waals surface area contributed by atoms with E-state index in [1.807, 2.05) is 18.8 Å². The van der Waals surface area contributed by atoms with Crippen molar-refractivity contribution in [2.24, 2.45) is 4.99 Å². The van der Waals surface area contributed by atoms with E-state index in [9.17, 15) is 0 Å². The molecule has 14 heavy (non-hydrogen) atoms. The highest BCUT2D eigenvalue weighted by atomic mass is 32.2. The van der Waals surface area contributed by atoms with Gasteiger partial charge < -0.3 is 4.90 Å². The van der Waals surface area contributed by atoms with Gasteiger partial charge in [-0.05, 0) is 12.8 Å². The Morgan fingerprint density at radius 2 is 2.36 bits per heavy atom. The zero-order chi connectivity index (χ0) is 10.3. The molecule has 1 aliphatic heterocycles. The van der Waals surface area contributed by atoms with E-state index in [1.165, 1.54) is 24.4 Å². The molecular weight excluding hydrogens is 191 g/mol. The van der Waals surface area contributed by atoms with Crippen molar-refractivity contribution in [3.8, 4) is 0 Å². The van der Waals surface area contributed by atoms with Crippen molar-refractivity contribution < 1.29 is 0 Å². The molecule has 2 fully saturated rings. The van der Waals surface area contributed by atoms with Gasteiger partial charge in [0.25, 0.3) is 0 Å². The fourth-order valence-corrected chi connectivity index (χ4v) is 4.33. The number of thioether (sulfide) groups is 1. The molecule has 1 aliphatic carbocycles. The number of aliphatic imine (C=N–C) groups is 1. The minimum atomic E-state index is 0.540. The maximum Gasteiger partial charge on any atom is 0.159 e. The molecule has 1 saturated heterocycles. The Kier molecular flexibility index (Phi) is 2.58. The maximum atomic E-state index is 4.35. The van der Waals surface area contributed by atoms with Gasteiger partial charge in [0.1, 0.15) is 7.85 Å². The lowest BCUT2D eigenvalue weighted by Gasteiger charge is -2.38. The van der Waals surface area contributed by atoms with Crippen molar-refractivity contribution in [3.63, 3.8) is 0 Å². The van der Waals surface area contributed by atoms with Gasteiger partial charge in [0.2, 0.25) is 0 Å². The van der Waals surface area contributed by atoms with E-state index in [2.05, 4.69) is 31.7 Å². The molecule has 3 unspecified atom stereocenters. The summed E-state index contributed by atoms with van der Waals surface area (Å²) in [4.78, 5) is 6.73. The van der Waals surface area contributed by atoms with Gasteiger partial charge in [-0.3, -0.25) is 4.99 Å². The standard InChI is InChI=1S/C10H19BN2S/c1-10(11)5-4-7-8(6-10)14-9(12-2)13(7)3/h7-8H,4-6,11H2,1-3H3/b12-9+. The molecule has 2 rings (SSSR count). The summed E-state index contributed by atoms with van der Waals surface area (Å²) in [6.07, 6.45) is 4.03. The minimum absolute atomic E-state index is 0.540. The van der Waals surface area contributed by atoms with E-state index in [0.717, 1.165) is 11.3 Å². The van der Waals surface area contributed by atoms with Crippen LogP contribution in [-0.2, 0) is 0 Å². The number of fused-ring (bicyclic) bond motifs is 1. The largest absolute Gasteiger partial charge is 0.350 e. The molecule has 0 bridgehead atoms. The highest BCUT2D eigenvalue weighted by Gasteiger charge is 2.43. The summed E-state index contributed by atoms with van der Waals surface area (Å²) in [6, 6.07) is 0.742. The predicted molar refractivity (Wildman–Crippen MR) is 67.1 cm³/mol. The molecule has 2 nitrogen and oxygen atoms in total. The Labute approximate surface area is 91.9 Å². The molecule has 0 N–H and O–H groups in total. The van der Waals surface area contributed by atoms with Gasteiger partial charge >= 0.3 is 0 Å². The summed E-state index contributed by atoms with van der Waals surface area (Å²) >= 11 is 1.98. The fourth-order valence-electron chi connectivity index (χ4n) is 2.64. The minimum Gasteiger partial charge on any atom is -0.350 e. The van der Waals surface area contributed by atoms with Crippen LogP contribution in [0.3, 0.4) is 0 Å². The van der Waals surface area contributed by atoms with Crippen molar-refractivity contribution in [1.29, 1.82) is 0 Å². The van der Waals surface area contributed by atoms with E-state index >= 15 is 0 Å². The average Bonchev–Trinajstić information content (AvgIpc) is 2.40. The number of rotatable bonds is 0. The van der Waals surface area contributed by atoms with E-state index in [-0.39, 0.29) is 0 Å². The van der Waals surface area contributed by atoms with Crippen molar-refractivity contribution in [1.82, 2.24) is 4.90 Å². The number of nitrogens with zero attached hydrogens (tertiary/aromatic N) is 2. The van der Waals surface area contributed by atoms with Crippen LogP contribution in [0, 0.1) is 0 Å². The first-order valence-corrected chi connectivity index (χ1v) is 6.28. The molecule has 0 aromatic carbocycles. The topological polar surface area (TPSA) is 15.6 Å². The second-order valence-electron chi connectivity index (χ2n) is 5.25. The van der Waals surface area contributed by atoms with Gasteiger partial charge in [0.05, 0.1) is 0 Å². The van der Waals surface area contributed by atoms with Crippen LogP contribution in [0.25, 0.3) is 0 Å². The molecule has 0 aromatic heterocycles. The van der Waals surface area contributed by atoms with Crippen LogP contribution in [0.5, 0.6) is 0 Å². The first kappa shape index (κ1) is 10.4. The summed E-state index contributed by atoms with van der Waals surface area (Å²) in [5.41, 5.74) is 0. The molecule has 0 spiro atoms. The molecule has 3 atom stereocenters. The Hall–Kier alpha value is -0.115. The zero-order valence-electron chi connectivity index (χ0n) is 9.58. The van der Waals surface area contributed by atoms with Crippen LogP contribution in [-0.4, -0.2) is 43.3 Å². The van der Waals surface area contributed by atoms with Crippen molar-refractivity contribution in [2.75, 3.05) is 14.1 Å². The molecule has 0 aromatic rings. The molecule has 0 radical (unpaired) electrons. The molecule has 4 heteroatoms. The third-order valence-electron chi connectivity index (χ3n) is 3.55. The lowest BCUT2D eigenvalue weighted by atomic mass is 9.60. The lowest BCUT2D eigenvalue weighted by molar-refractivity contribution is 0.269. The highest BCUT2D eigenvalue weighted by Crippen LogP contribution is 2.48. The molecule has 1 saturated carbocycles. The van der Waals surface area contributed by atoms with Gasteiger partial charge in [-0.15, -0.1) is 0 Å². The SMILES string of the molecule is BC1(C)CCC2C(C1)S/C(=N/C)N2C. The second-order valence-corrected chi connectivity index (χ2v) is 6.45. The summed E-state index contributed by atoms with van der Waals surface area (Å²) in [5.74, 6) is 0. The van der Waals surface area contributed by atoms with Crippen LogP contribution in [0.2, 0.25) is 5.31 Å².